The molecule has 5 heteroatoms. The van der Waals surface area contributed by atoms with E-state index in [1.54, 1.807) is 13.8 Å². The summed E-state index contributed by atoms with van der Waals surface area (Å²) in [6.07, 6.45) is -0.871. The molecule has 5 nitrogen and oxygen atoms in total. The number of carbonyl (C=O) groups is 1. The van der Waals surface area contributed by atoms with Crippen molar-refractivity contribution in [1.82, 2.24) is 9.88 Å². The van der Waals surface area contributed by atoms with Crippen molar-refractivity contribution in [3.05, 3.63) is 41.6 Å². The Hall–Kier alpha value is -1.98. The monoisotopic (exact) mass is 302 g/mol. The number of nitrogens with zero attached hydrogens (tertiary/aromatic N) is 2. The lowest BCUT2D eigenvalue weighted by Crippen LogP contribution is -2.27. The number of pyridine rings is 1. The molecule has 0 aliphatic carbocycles. The molecule has 2 rings (SSSR count). The SMILES string of the molecule is CC(=O)O[C@H](C)c1ccc2ccc(CN(C)C(C)O)cc2n1. The van der Waals surface area contributed by atoms with E-state index in [2.05, 4.69) is 4.98 Å². The van der Waals surface area contributed by atoms with E-state index in [9.17, 15) is 9.90 Å². The number of fused-ring (bicyclic) bond motifs is 1. The lowest BCUT2D eigenvalue weighted by Gasteiger charge is -2.20. The molecule has 0 bridgehead atoms. The summed E-state index contributed by atoms with van der Waals surface area (Å²) in [5, 5.41) is 10.6. The minimum absolute atomic E-state index is 0.318. The van der Waals surface area contributed by atoms with Crippen molar-refractivity contribution in [3.63, 3.8) is 0 Å². The van der Waals surface area contributed by atoms with Gasteiger partial charge in [0.1, 0.15) is 12.3 Å². The highest BCUT2D eigenvalue weighted by molar-refractivity contribution is 5.79. The highest BCUT2D eigenvalue weighted by Gasteiger charge is 2.11. The lowest BCUT2D eigenvalue weighted by atomic mass is 10.1. The second kappa shape index (κ2) is 6.85. The Morgan fingerprint density at radius 2 is 2.00 bits per heavy atom. The quantitative estimate of drug-likeness (QED) is 0.679. The minimum atomic E-state index is -0.501. The molecule has 0 radical (unpaired) electrons. The zero-order valence-electron chi connectivity index (χ0n) is 13.4. The van der Waals surface area contributed by atoms with Crippen molar-refractivity contribution in [1.29, 1.82) is 0 Å². The van der Waals surface area contributed by atoms with Gasteiger partial charge in [0.25, 0.3) is 0 Å². The van der Waals surface area contributed by atoms with Gasteiger partial charge in [0.2, 0.25) is 0 Å². The molecule has 0 aliphatic rings. The van der Waals surface area contributed by atoms with Crippen LogP contribution in [-0.2, 0) is 16.1 Å². The summed E-state index contributed by atoms with van der Waals surface area (Å²) in [5.74, 6) is -0.318. The fourth-order valence-electron chi connectivity index (χ4n) is 2.23. The first-order valence-corrected chi connectivity index (χ1v) is 7.32. The van der Waals surface area contributed by atoms with Crippen molar-refractivity contribution in [3.8, 4) is 0 Å². The van der Waals surface area contributed by atoms with E-state index in [-0.39, 0.29) is 12.1 Å². The highest BCUT2D eigenvalue weighted by atomic mass is 16.5. The fraction of sp³-hybridized carbons (Fsp3) is 0.412. The third-order valence-corrected chi connectivity index (χ3v) is 3.61. The number of carbonyl (C=O) groups excluding carboxylic acids is 1. The summed E-state index contributed by atoms with van der Waals surface area (Å²) >= 11 is 0. The molecule has 0 amide bonds. The van der Waals surface area contributed by atoms with Crippen molar-refractivity contribution in [2.45, 2.75) is 39.6 Å². The summed E-state index contributed by atoms with van der Waals surface area (Å²) in [7, 11) is 1.86. The zero-order valence-corrected chi connectivity index (χ0v) is 13.4. The molecule has 1 aromatic carbocycles. The third-order valence-electron chi connectivity index (χ3n) is 3.61. The Bertz CT molecular complexity index is 670. The molecule has 1 heterocycles. The van der Waals surface area contributed by atoms with E-state index in [1.807, 2.05) is 42.3 Å². The van der Waals surface area contributed by atoms with Gasteiger partial charge < -0.3 is 9.84 Å². The molecule has 2 atom stereocenters. The Kier molecular flexibility index (Phi) is 5.11. The van der Waals surface area contributed by atoms with Gasteiger partial charge in [-0.25, -0.2) is 4.98 Å². The second-order valence-electron chi connectivity index (χ2n) is 5.56. The Labute approximate surface area is 130 Å². The number of hydrogen-bond donors (Lipinski definition) is 1. The molecule has 1 unspecified atom stereocenters. The van der Waals surface area contributed by atoms with Crippen LogP contribution in [0.5, 0.6) is 0 Å². The van der Waals surface area contributed by atoms with Gasteiger partial charge in [-0.15, -0.1) is 0 Å². The molecule has 22 heavy (non-hydrogen) atoms. The van der Waals surface area contributed by atoms with E-state index in [0.717, 1.165) is 22.2 Å². The predicted molar refractivity (Wildman–Crippen MR) is 85.1 cm³/mol. The summed E-state index contributed by atoms with van der Waals surface area (Å²) < 4.78 is 5.17. The van der Waals surface area contributed by atoms with Crippen molar-refractivity contribution < 1.29 is 14.6 Å². The van der Waals surface area contributed by atoms with E-state index in [1.165, 1.54) is 6.92 Å². The number of hydrogen-bond acceptors (Lipinski definition) is 5. The van der Waals surface area contributed by atoms with E-state index in [0.29, 0.717) is 6.54 Å². The third kappa shape index (κ3) is 4.02. The average Bonchev–Trinajstić information content (AvgIpc) is 2.45. The van der Waals surface area contributed by atoms with Crippen molar-refractivity contribution >= 4 is 16.9 Å². The van der Waals surface area contributed by atoms with Gasteiger partial charge in [0.05, 0.1) is 11.2 Å². The largest absolute Gasteiger partial charge is 0.456 e. The minimum Gasteiger partial charge on any atom is -0.456 e. The highest BCUT2D eigenvalue weighted by Crippen LogP contribution is 2.21. The molecule has 0 saturated carbocycles. The normalized spacial score (nSPS) is 14.1. The van der Waals surface area contributed by atoms with Crippen LogP contribution in [0.25, 0.3) is 10.9 Å². The zero-order chi connectivity index (χ0) is 16.3. The first-order valence-electron chi connectivity index (χ1n) is 7.32. The maximum absolute atomic E-state index is 11.1. The maximum Gasteiger partial charge on any atom is 0.303 e. The molecule has 0 spiro atoms. The molecular weight excluding hydrogens is 280 g/mol. The van der Waals surface area contributed by atoms with Crippen LogP contribution in [-0.4, -0.2) is 34.2 Å². The molecular formula is C17H22N2O3. The van der Waals surface area contributed by atoms with Gasteiger partial charge in [-0.1, -0.05) is 18.2 Å². The van der Waals surface area contributed by atoms with Crippen LogP contribution in [0.1, 0.15) is 38.1 Å². The molecule has 0 fully saturated rings. The first-order chi connectivity index (χ1) is 10.4. The molecule has 0 saturated heterocycles. The molecule has 118 valence electrons. The Balaban J connectivity index is 2.28. The van der Waals surface area contributed by atoms with E-state index < -0.39 is 6.23 Å². The predicted octanol–water partition coefficient (Wildman–Crippen LogP) is 2.63. The average molecular weight is 302 g/mol. The van der Waals surface area contributed by atoms with Gasteiger partial charge in [-0.05, 0) is 38.6 Å². The van der Waals surface area contributed by atoms with Gasteiger partial charge in [-0.2, -0.15) is 0 Å². The van der Waals surface area contributed by atoms with E-state index >= 15 is 0 Å². The van der Waals surface area contributed by atoms with Crippen molar-refractivity contribution in [2.75, 3.05) is 7.05 Å². The lowest BCUT2D eigenvalue weighted by molar-refractivity contribution is -0.145. The summed E-state index contributed by atoms with van der Waals surface area (Å²) in [6.45, 7) is 5.57. The fourth-order valence-corrected chi connectivity index (χ4v) is 2.23. The molecule has 1 aromatic heterocycles. The van der Waals surface area contributed by atoms with Crippen LogP contribution < -0.4 is 0 Å². The van der Waals surface area contributed by atoms with Crippen LogP contribution in [0.2, 0.25) is 0 Å². The van der Waals surface area contributed by atoms with Crippen LogP contribution in [0.3, 0.4) is 0 Å². The summed E-state index contributed by atoms with van der Waals surface area (Å²) in [6, 6.07) is 9.88. The topological polar surface area (TPSA) is 62.7 Å². The second-order valence-corrected chi connectivity index (χ2v) is 5.56. The number of aliphatic hydroxyl groups excluding tert-OH is 1. The number of aliphatic hydroxyl groups is 1. The van der Waals surface area contributed by atoms with Gasteiger partial charge in [-0.3, -0.25) is 9.69 Å². The molecule has 0 aliphatic heterocycles. The summed E-state index contributed by atoms with van der Waals surface area (Å²) in [4.78, 5) is 17.5. The van der Waals surface area contributed by atoms with Crippen LogP contribution in [0.15, 0.2) is 30.3 Å². The first kappa shape index (κ1) is 16.4. The molecule has 2 aromatic rings. The Morgan fingerprint density at radius 3 is 2.64 bits per heavy atom. The van der Waals surface area contributed by atoms with Crippen LogP contribution in [0, 0.1) is 0 Å². The number of aromatic nitrogens is 1. The number of esters is 1. The summed E-state index contributed by atoms with van der Waals surface area (Å²) in [5.41, 5.74) is 2.65. The van der Waals surface area contributed by atoms with Gasteiger partial charge in [0.15, 0.2) is 0 Å². The van der Waals surface area contributed by atoms with E-state index in [4.69, 9.17) is 4.74 Å². The maximum atomic E-state index is 11.1. The Morgan fingerprint density at radius 1 is 1.32 bits per heavy atom. The standard InChI is InChI=1S/C17H22N2O3/c1-11(22-13(3)21)16-8-7-15-6-5-14(9-17(15)18-16)10-19(4)12(2)20/h5-9,11-12,20H,10H2,1-4H3/t11-,12?/m1/s1. The molecule has 1 N–H and O–H groups in total. The number of benzene rings is 1. The van der Waals surface area contributed by atoms with Gasteiger partial charge in [0, 0.05) is 18.9 Å². The van der Waals surface area contributed by atoms with Crippen LogP contribution >= 0.6 is 0 Å². The smallest absolute Gasteiger partial charge is 0.303 e. The van der Waals surface area contributed by atoms with Gasteiger partial charge >= 0.3 is 5.97 Å². The number of rotatable bonds is 5. The van der Waals surface area contributed by atoms with Crippen LogP contribution in [0.4, 0.5) is 0 Å². The number of ether oxygens (including phenoxy) is 1. The van der Waals surface area contributed by atoms with Crippen molar-refractivity contribution in [2.24, 2.45) is 0 Å².